The highest BCUT2D eigenvalue weighted by atomic mass is 35.5. The van der Waals surface area contributed by atoms with Gasteiger partial charge in [-0.15, -0.1) is 0 Å². The predicted octanol–water partition coefficient (Wildman–Crippen LogP) is 3.97. The average Bonchev–Trinajstić information content (AvgIpc) is 2.73. The topological polar surface area (TPSA) is 64.4 Å². The van der Waals surface area contributed by atoms with Crippen LogP contribution in [0.1, 0.15) is 39.0 Å². The molecule has 0 saturated heterocycles. The van der Waals surface area contributed by atoms with Gasteiger partial charge in [-0.1, -0.05) is 42.6 Å². The Balaban J connectivity index is 1.83. The Morgan fingerprint density at radius 1 is 1.34 bits per heavy atom. The number of amides is 1. The second-order valence-electron chi connectivity index (χ2n) is 7.27. The maximum atomic E-state index is 13.0. The molecule has 1 aromatic heterocycles. The largest absolute Gasteiger partial charge is 0.383 e. The number of ether oxygens (including phenoxy) is 1. The van der Waals surface area contributed by atoms with Crippen molar-refractivity contribution in [2.75, 3.05) is 26.0 Å². The molecule has 0 bridgehead atoms. The van der Waals surface area contributed by atoms with Crippen LogP contribution in [0, 0.1) is 0 Å². The third kappa shape index (κ3) is 5.32. The molecule has 0 spiro atoms. The molecule has 158 valence electrons. The second-order valence-corrected chi connectivity index (χ2v) is 8.64. The van der Waals surface area contributed by atoms with E-state index >= 15 is 0 Å². The molecule has 0 radical (unpaired) electrons. The van der Waals surface area contributed by atoms with Crippen molar-refractivity contribution < 1.29 is 9.53 Å². The van der Waals surface area contributed by atoms with E-state index in [1.807, 2.05) is 11.8 Å². The highest BCUT2D eigenvalue weighted by Crippen LogP contribution is 2.25. The third-order valence-corrected chi connectivity index (χ3v) is 6.60. The SMILES string of the molecule is CCN(C(=O)CSc1nc2cc(Cl)ccc2c(=O)n1CCOC)C1CCCCC1. The van der Waals surface area contributed by atoms with Gasteiger partial charge in [-0.2, -0.15) is 0 Å². The summed E-state index contributed by atoms with van der Waals surface area (Å²) in [6.07, 6.45) is 5.79. The molecule has 0 unspecified atom stereocenters. The molecule has 0 N–H and O–H groups in total. The van der Waals surface area contributed by atoms with E-state index in [1.54, 1.807) is 29.9 Å². The lowest BCUT2D eigenvalue weighted by atomic mass is 9.94. The van der Waals surface area contributed by atoms with Gasteiger partial charge in [0.2, 0.25) is 5.91 Å². The van der Waals surface area contributed by atoms with Crippen LogP contribution in [0.15, 0.2) is 28.2 Å². The van der Waals surface area contributed by atoms with Crippen LogP contribution >= 0.6 is 23.4 Å². The summed E-state index contributed by atoms with van der Waals surface area (Å²) in [6.45, 7) is 3.52. The van der Waals surface area contributed by atoms with E-state index in [2.05, 4.69) is 4.98 Å². The maximum Gasteiger partial charge on any atom is 0.262 e. The summed E-state index contributed by atoms with van der Waals surface area (Å²) >= 11 is 7.39. The zero-order valence-corrected chi connectivity index (χ0v) is 18.6. The number of benzene rings is 1. The molecular formula is C21H28ClN3O3S. The summed E-state index contributed by atoms with van der Waals surface area (Å²) in [5.41, 5.74) is 0.407. The van der Waals surface area contributed by atoms with Crippen molar-refractivity contribution in [3.05, 3.63) is 33.6 Å². The van der Waals surface area contributed by atoms with Crippen LogP contribution < -0.4 is 5.56 Å². The molecule has 1 heterocycles. The number of carbonyl (C=O) groups excluding carboxylic acids is 1. The molecule has 1 aliphatic carbocycles. The third-order valence-electron chi connectivity index (χ3n) is 5.40. The van der Waals surface area contributed by atoms with Gasteiger partial charge in [-0.25, -0.2) is 4.98 Å². The monoisotopic (exact) mass is 437 g/mol. The molecule has 1 saturated carbocycles. The van der Waals surface area contributed by atoms with Crippen LogP contribution in [-0.4, -0.2) is 52.4 Å². The zero-order chi connectivity index (χ0) is 20.8. The molecule has 1 fully saturated rings. The Labute approximate surface area is 180 Å². The van der Waals surface area contributed by atoms with Crippen LogP contribution in [0.25, 0.3) is 10.9 Å². The number of hydrogen-bond acceptors (Lipinski definition) is 5. The first-order chi connectivity index (χ1) is 14.0. The van der Waals surface area contributed by atoms with E-state index in [0.29, 0.717) is 46.8 Å². The minimum atomic E-state index is -0.140. The molecule has 29 heavy (non-hydrogen) atoms. The van der Waals surface area contributed by atoms with Crippen molar-refractivity contribution in [2.45, 2.75) is 56.8 Å². The standard InChI is InChI=1S/C21H28ClN3O3S/c1-3-24(16-7-5-4-6-8-16)19(26)14-29-21-23-18-13-15(22)9-10-17(18)20(27)25(21)11-12-28-2/h9-10,13,16H,3-8,11-12,14H2,1-2H3. The van der Waals surface area contributed by atoms with Gasteiger partial charge in [0.25, 0.3) is 5.56 Å². The van der Waals surface area contributed by atoms with Crippen LogP contribution in [0.3, 0.4) is 0 Å². The molecule has 3 rings (SSSR count). The van der Waals surface area contributed by atoms with Gasteiger partial charge >= 0.3 is 0 Å². The number of rotatable bonds is 8. The summed E-state index contributed by atoms with van der Waals surface area (Å²) in [4.78, 5) is 32.5. The minimum absolute atomic E-state index is 0.100. The van der Waals surface area contributed by atoms with E-state index in [9.17, 15) is 9.59 Å². The Bertz CT molecular complexity index is 912. The first kappa shape index (κ1) is 22.1. The average molecular weight is 438 g/mol. The normalized spacial score (nSPS) is 15.0. The summed E-state index contributed by atoms with van der Waals surface area (Å²) in [7, 11) is 1.60. The van der Waals surface area contributed by atoms with E-state index in [1.165, 1.54) is 31.0 Å². The smallest absolute Gasteiger partial charge is 0.262 e. The fourth-order valence-corrected chi connectivity index (χ4v) is 4.98. The van der Waals surface area contributed by atoms with Crippen molar-refractivity contribution in [3.63, 3.8) is 0 Å². The highest BCUT2D eigenvalue weighted by molar-refractivity contribution is 7.99. The van der Waals surface area contributed by atoms with Gasteiger partial charge in [-0.3, -0.25) is 14.2 Å². The minimum Gasteiger partial charge on any atom is -0.383 e. The first-order valence-electron chi connectivity index (χ1n) is 10.2. The van der Waals surface area contributed by atoms with Gasteiger partial charge in [0.1, 0.15) is 0 Å². The summed E-state index contributed by atoms with van der Waals surface area (Å²) in [5, 5.41) is 1.56. The lowest BCUT2D eigenvalue weighted by Crippen LogP contribution is -2.42. The van der Waals surface area contributed by atoms with Gasteiger partial charge in [0.05, 0.1) is 29.8 Å². The number of aromatic nitrogens is 2. The van der Waals surface area contributed by atoms with Gasteiger partial charge in [0.15, 0.2) is 5.16 Å². The Morgan fingerprint density at radius 3 is 2.79 bits per heavy atom. The van der Waals surface area contributed by atoms with E-state index in [-0.39, 0.29) is 17.2 Å². The van der Waals surface area contributed by atoms with Gasteiger partial charge < -0.3 is 9.64 Å². The Kier molecular flexibility index (Phi) is 7.98. The van der Waals surface area contributed by atoms with Crippen molar-refractivity contribution in [1.82, 2.24) is 14.5 Å². The Hall–Kier alpha value is -1.57. The second kappa shape index (κ2) is 10.5. The fraction of sp³-hybridized carbons (Fsp3) is 0.571. The molecule has 1 aliphatic rings. The molecular weight excluding hydrogens is 410 g/mol. The van der Waals surface area contributed by atoms with Crippen molar-refractivity contribution >= 4 is 40.2 Å². The predicted molar refractivity (Wildman–Crippen MR) is 118 cm³/mol. The van der Waals surface area contributed by atoms with Crippen molar-refractivity contribution in [1.29, 1.82) is 0 Å². The number of hydrogen-bond donors (Lipinski definition) is 0. The van der Waals surface area contributed by atoms with Crippen molar-refractivity contribution in [2.24, 2.45) is 0 Å². The molecule has 0 aliphatic heterocycles. The van der Waals surface area contributed by atoms with Gasteiger partial charge in [-0.05, 0) is 38.0 Å². The number of halogens is 1. The molecule has 1 amide bonds. The lowest BCUT2D eigenvalue weighted by Gasteiger charge is -2.33. The van der Waals surface area contributed by atoms with Crippen LogP contribution in [-0.2, 0) is 16.1 Å². The number of nitrogens with zero attached hydrogens (tertiary/aromatic N) is 3. The number of methoxy groups -OCH3 is 1. The molecule has 6 nitrogen and oxygen atoms in total. The van der Waals surface area contributed by atoms with Crippen LogP contribution in [0.2, 0.25) is 5.02 Å². The maximum absolute atomic E-state index is 13.0. The number of thioether (sulfide) groups is 1. The summed E-state index contributed by atoms with van der Waals surface area (Å²) < 4.78 is 6.75. The summed E-state index contributed by atoms with van der Waals surface area (Å²) in [5.74, 6) is 0.360. The van der Waals surface area contributed by atoms with Crippen LogP contribution in [0.5, 0.6) is 0 Å². The number of fused-ring (bicyclic) bond motifs is 1. The first-order valence-corrected chi connectivity index (χ1v) is 11.5. The van der Waals surface area contributed by atoms with E-state index < -0.39 is 0 Å². The van der Waals surface area contributed by atoms with Crippen molar-refractivity contribution in [3.8, 4) is 0 Å². The quantitative estimate of drug-likeness (QED) is 0.461. The highest BCUT2D eigenvalue weighted by Gasteiger charge is 2.24. The molecule has 8 heteroatoms. The van der Waals surface area contributed by atoms with Crippen LogP contribution in [0.4, 0.5) is 0 Å². The molecule has 0 atom stereocenters. The summed E-state index contributed by atoms with van der Waals surface area (Å²) in [6, 6.07) is 5.40. The van der Waals surface area contributed by atoms with E-state index in [0.717, 1.165) is 12.8 Å². The Morgan fingerprint density at radius 2 is 2.10 bits per heavy atom. The lowest BCUT2D eigenvalue weighted by molar-refractivity contribution is -0.131. The zero-order valence-electron chi connectivity index (χ0n) is 17.0. The molecule has 2 aromatic rings. The number of carbonyl (C=O) groups is 1. The van der Waals surface area contributed by atoms with E-state index in [4.69, 9.17) is 16.3 Å². The molecule has 1 aromatic carbocycles. The van der Waals surface area contributed by atoms with Gasteiger partial charge in [0, 0.05) is 24.7 Å². The fourth-order valence-electron chi connectivity index (χ4n) is 3.90.